The molecule has 1 aromatic rings. The molecule has 0 atom stereocenters. The minimum absolute atomic E-state index is 0.122. The molecule has 0 bridgehead atoms. The Morgan fingerprint density at radius 3 is 2.80 bits per heavy atom. The average molecular weight is 226 g/mol. The summed E-state index contributed by atoms with van der Waals surface area (Å²) in [6, 6.07) is 3.82. The molecular formula is C12H16ClNO. The van der Waals surface area contributed by atoms with E-state index < -0.39 is 0 Å². The predicted octanol–water partition coefficient (Wildman–Crippen LogP) is 3.44. The summed E-state index contributed by atoms with van der Waals surface area (Å²) < 4.78 is 5.40. The summed E-state index contributed by atoms with van der Waals surface area (Å²) in [4.78, 5) is 0. The fourth-order valence-corrected chi connectivity index (χ4v) is 2.42. The summed E-state index contributed by atoms with van der Waals surface area (Å²) in [5.41, 5.74) is 2.35. The van der Waals surface area contributed by atoms with Crippen LogP contribution in [0.2, 0.25) is 5.02 Å². The molecule has 1 aliphatic rings. The fraction of sp³-hybridized carbons (Fsp3) is 0.500. The Balaban J connectivity index is 2.66. The number of hydrogen-bond acceptors (Lipinski definition) is 2. The van der Waals surface area contributed by atoms with E-state index in [9.17, 15) is 0 Å². The molecule has 2 nitrogen and oxygen atoms in total. The van der Waals surface area contributed by atoms with Crippen molar-refractivity contribution in [1.29, 1.82) is 0 Å². The minimum atomic E-state index is 0.122. The monoisotopic (exact) mass is 225 g/mol. The van der Waals surface area contributed by atoms with Gasteiger partial charge in [-0.3, -0.25) is 0 Å². The molecule has 0 spiro atoms. The van der Waals surface area contributed by atoms with Gasteiger partial charge >= 0.3 is 0 Å². The molecule has 0 aromatic heterocycles. The van der Waals surface area contributed by atoms with E-state index in [-0.39, 0.29) is 5.41 Å². The lowest BCUT2D eigenvalue weighted by Gasteiger charge is -2.35. The molecule has 3 heteroatoms. The first-order valence-electron chi connectivity index (χ1n) is 5.17. The van der Waals surface area contributed by atoms with Crippen molar-refractivity contribution in [2.45, 2.75) is 25.7 Å². The Morgan fingerprint density at radius 1 is 1.40 bits per heavy atom. The lowest BCUT2D eigenvalue weighted by Crippen LogP contribution is -2.29. The lowest BCUT2D eigenvalue weighted by atomic mass is 9.78. The zero-order valence-corrected chi connectivity index (χ0v) is 10.1. The summed E-state index contributed by atoms with van der Waals surface area (Å²) in [6.07, 6.45) is 1.09. The highest BCUT2D eigenvalue weighted by Crippen LogP contribution is 2.45. The van der Waals surface area contributed by atoms with Gasteiger partial charge in [-0.2, -0.15) is 0 Å². The van der Waals surface area contributed by atoms with E-state index in [1.54, 1.807) is 7.11 Å². The number of ether oxygens (including phenoxy) is 1. The van der Waals surface area contributed by atoms with Crippen molar-refractivity contribution in [2.24, 2.45) is 0 Å². The smallest absolute Gasteiger partial charge is 0.124 e. The first kappa shape index (κ1) is 10.6. The molecule has 0 amide bonds. The Hall–Kier alpha value is -0.890. The van der Waals surface area contributed by atoms with E-state index in [2.05, 4.69) is 19.2 Å². The van der Waals surface area contributed by atoms with Crippen LogP contribution in [0.3, 0.4) is 0 Å². The quantitative estimate of drug-likeness (QED) is 0.791. The summed E-state index contributed by atoms with van der Waals surface area (Å²) in [5, 5.41) is 4.13. The van der Waals surface area contributed by atoms with Crippen molar-refractivity contribution >= 4 is 17.3 Å². The molecule has 0 saturated carbocycles. The van der Waals surface area contributed by atoms with Gasteiger partial charge in [-0.25, -0.2) is 0 Å². The van der Waals surface area contributed by atoms with Crippen LogP contribution in [0.5, 0.6) is 5.75 Å². The highest BCUT2D eigenvalue weighted by molar-refractivity contribution is 6.33. The first-order chi connectivity index (χ1) is 7.06. The van der Waals surface area contributed by atoms with Crippen molar-refractivity contribution in [3.05, 3.63) is 22.7 Å². The second-order valence-corrected chi connectivity index (χ2v) is 4.97. The number of benzene rings is 1. The van der Waals surface area contributed by atoms with Gasteiger partial charge in [0.25, 0.3) is 0 Å². The summed E-state index contributed by atoms with van der Waals surface area (Å²) >= 11 is 6.18. The number of hydrogen-bond donors (Lipinski definition) is 1. The zero-order valence-electron chi connectivity index (χ0n) is 9.36. The number of halogens is 1. The van der Waals surface area contributed by atoms with Crippen LogP contribution in [0.15, 0.2) is 12.1 Å². The molecule has 1 heterocycles. The number of methoxy groups -OCH3 is 1. The minimum Gasteiger partial charge on any atom is -0.496 e. The topological polar surface area (TPSA) is 21.3 Å². The predicted molar refractivity (Wildman–Crippen MR) is 64.1 cm³/mol. The average Bonchev–Trinajstić information content (AvgIpc) is 2.19. The van der Waals surface area contributed by atoms with Gasteiger partial charge in [0, 0.05) is 12.1 Å². The van der Waals surface area contributed by atoms with E-state index in [0.717, 1.165) is 29.4 Å². The summed E-state index contributed by atoms with van der Waals surface area (Å²) in [7, 11) is 1.70. The van der Waals surface area contributed by atoms with Crippen molar-refractivity contribution < 1.29 is 4.74 Å². The van der Waals surface area contributed by atoms with Gasteiger partial charge in [0.1, 0.15) is 5.75 Å². The molecule has 1 N–H and O–H groups in total. The van der Waals surface area contributed by atoms with Crippen molar-refractivity contribution in [3.8, 4) is 5.75 Å². The maximum atomic E-state index is 6.18. The number of nitrogens with one attached hydrogen (secondary N) is 1. The molecule has 15 heavy (non-hydrogen) atoms. The highest BCUT2D eigenvalue weighted by Gasteiger charge is 2.31. The molecular weight excluding hydrogens is 210 g/mol. The van der Waals surface area contributed by atoms with Crippen LogP contribution in [-0.2, 0) is 5.41 Å². The molecule has 82 valence electrons. The number of fused-ring (bicyclic) bond motifs is 1. The Morgan fingerprint density at radius 2 is 2.13 bits per heavy atom. The molecule has 1 aromatic carbocycles. The van der Waals surface area contributed by atoms with Crippen molar-refractivity contribution in [1.82, 2.24) is 0 Å². The van der Waals surface area contributed by atoms with Gasteiger partial charge in [-0.15, -0.1) is 0 Å². The Labute approximate surface area is 95.6 Å². The third-order valence-corrected chi connectivity index (χ3v) is 3.38. The van der Waals surface area contributed by atoms with Crippen LogP contribution in [0.25, 0.3) is 0 Å². The van der Waals surface area contributed by atoms with Crippen LogP contribution in [0.4, 0.5) is 5.69 Å². The Bertz CT molecular complexity index is 387. The molecule has 0 unspecified atom stereocenters. The zero-order chi connectivity index (χ0) is 11.1. The maximum Gasteiger partial charge on any atom is 0.124 e. The lowest BCUT2D eigenvalue weighted by molar-refractivity contribution is 0.384. The normalized spacial score (nSPS) is 17.9. The summed E-state index contributed by atoms with van der Waals surface area (Å²) in [6.45, 7) is 5.42. The van der Waals surface area contributed by atoms with E-state index >= 15 is 0 Å². The largest absolute Gasteiger partial charge is 0.496 e. The second-order valence-electron chi connectivity index (χ2n) is 4.56. The van der Waals surface area contributed by atoms with Crippen LogP contribution in [-0.4, -0.2) is 13.7 Å². The third-order valence-electron chi connectivity index (χ3n) is 3.06. The SMILES string of the molecule is COc1ccc(Cl)c2c1C(C)(C)CCN2. The fourth-order valence-electron chi connectivity index (χ4n) is 2.20. The van der Waals surface area contributed by atoms with E-state index in [1.807, 2.05) is 12.1 Å². The molecule has 0 radical (unpaired) electrons. The number of anilines is 1. The van der Waals surface area contributed by atoms with Gasteiger partial charge in [0.2, 0.25) is 0 Å². The molecule has 2 rings (SSSR count). The molecule has 0 saturated heterocycles. The van der Waals surface area contributed by atoms with E-state index in [0.29, 0.717) is 0 Å². The molecule has 0 fully saturated rings. The van der Waals surface area contributed by atoms with Gasteiger partial charge in [-0.05, 0) is 24.0 Å². The van der Waals surface area contributed by atoms with Crippen molar-refractivity contribution in [2.75, 3.05) is 19.0 Å². The third kappa shape index (κ3) is 1.67. The van der Waals surface area contributed by atoms with Gasteiger partial charge in [-0.1, -0.05) is 25.4 Å². The standard InChI is InChI=1S/C12H16ClNO/c1-12(2)6-7-14-11-8(13)4-5-9(15-3)10(11)12/h4-5,14H,6-7H2,1-3H3. The van der Waals surface area contributed by atoms with E-state index in [4.69, 9.17) is 16.3 Å². The van der Waals surface area contributed by atoms with Crippen LogP contribution >= 0.6 is 11.6 Å². The van der Waals surface area contributed by atoms with Gasteiger partial charge in [0.05, 0.1) is 17.8 Å². The Kier molecular flexibility index (Phi) is 2.55. The van der Waals surface area contributed by atoms with Crippen LogP contribution in [0.1, 0.15) is 25.8 Å². The first-order valence-corrected chi connectivity index (χ1v) is 5.55. The van der Waals surface area contributed by atoms with Gasteiger partial charge in [0.15, 0.2) is 0 Å². The second kappa shape index (κ2) is 3.60. The number of rotatable bonds is 1. The van der Waals surface area contributed by atoms with E-state index in [1.165, 1.54) is 5.56 Å². The maximum absolute atomic E-state index is 6.18. The van der Waals surface area contributed by atoms with Gasteiger partial charge < -0.3 is 10.1 Å². The van der Waals surface area contributed by atoms with Crippen LogP contribution in [0, 0.1) is 0 Å². The van der Waals surface area contributed by atoms with Crippen LogP contribution < -0.4 is 10.1 Å². The molecule has 1 aliphatic heterocycles. The van der Waals surface area contributed by atoms with Crippen molar-refractivity contribution in [3.63, 3.8) is 0 Å². The molecule has 0 aliphatic carbocycles. The summed E-state index contributed by atoms with van der Waals surface area (Å²) in [5.74, 6) is 0.923. The highest BCUT2D eigenvalue weighted by atomic mass is 35.5.